The Bertz CT molecular complexity index is 2220. The Labute approximate surface area is 328 Å². The zero-order valence-corrected chi connectivity index (χ0v) is 30.3. The minimum absolute atomic E-state index is 0.0151. The van der Waals surface area contributed by atoms with Crippen LogP contribution in [0.25, 0.3) is 0 Å². The maximum Gasteiger partial charge on any atom is 0.547 e. The fourth-order valence-corrected chi connectivity index (χ4v) is 7.16. The van der Waals surface area contributed by atoms with Crippen molar-refractivity contribution in [3.63, 3.8) is 0 Å². The number of hydrogen-bond donors (Lipinski definition) is 8. The number of phenolic OH excluding ortho intramolecular Hbond substituents is 3. The molecule has 0 unspecified atom stereocenters. The van der Waals surface area contributed by atoms with Gasteiger partial charge in [0.05, 0.1) is 22.6 Å². The molecule has 0 aromatic heterocycles. The molecule has 308 valence electrons. The van der Waals surface area contributed by atoms with Crippen LogP contribution in [0.15, 0.2) is 24.3 Å². The summed E-state index contributed by atoms with van der Waals surface area (Å²) in [5.74, 6) is -17.7. The number of carbonyl (C=O) groups is 5. The molecule has 3 aromatic rings. The van der Waals surface area contributed by atoms with Crippen LogP contribution in [0.1, 0.15) is 40.2 Å². The summed E-state index contributed by atoms with van der Waals surface area (Å²) in [6.07, 6.45) is 0.0823. The molecule has 58 heavy (non-hydrogen) atoms. The highest BCUT2D eigenvalue weighted by Crippen LogP contribution is 2.41. The first-order chi connectivity index (χ1) is 27.4. The highest BCUT2D eigenvalue weighted by Gasteiger charge is 2.42. The second kappa shape index (κ2) is 16.3. The van der Waals surface area contributed by atoms with E-state index in [-0.39, 0.29) is 51.0 Å². The lowest BCUT2D eigenvalue weighted by molar-refractivity contribution is -0.122. The molecule has 0 spiro atoms. The molecule has 0 radical (unpaired) electrons. The molecule has 17 nitrogen and oxygen atoms in total. The number of imide groups is 1. The summed E-state index contributed by atoms with van der Waals surface area (Å²) in [6.45, 7) is -0.775. The van der Waals surface area contributed by atoms with Crippen molar-refractivity contribution in [3.8, 4) is 23.0 Å². The summed E-state index contributed by atoms with van der Waals surface area (Å²) in [4.78, 5) is 68.2. The van der Waals surface area contributed by atoms with Crippen molar-refractivity contribution in [1.82, 2.24) is 25.3 Å². The number of urea groups is 3. The highest BCUT2D eigenvalue weighted by atomic mass is 35.5. The molecule has 8 N–H and O–H groups in total. The van der Waals surface area contributed by atoms with Crippen LogP contribution in [0, 0.1) is 29.1 Å². The Balaban J connectivity index is 1.10. The number of aromatic hydroxyl groups is 3. The predicted molar refractivity (Wildman–Crippen MR) is 189 cm³/mol. The average Bonchev–Trinajstić information content (AvgIpc) is 3.58. The quantitative estimate of drug-likeness (QED) is 0.0709. The van der Waals surface area contributed by atoms with Crippen molar-refractivity contribution < 1.29 is 76.0 Å². The number of piperidine rings is 1. The number of carboxylic acid groups (broad SMARTS) is 1. The van der Waals surface area contributed by atoms with Gasteiger partial charge in [-0.2, -0.15) is 4.39 Å². The van der Waals surface area contributed by atoms with Crippen molar-refractivity contribution in [3.05, 3.63) is 75.1 Å². The third-order valence-corrected chi connectivity index (χ3v) is 10.3. The third-order valence-electron chi connectivity index (χ3n) is 9.95. The number of benzene rings is 3. The van der Waals surface area contributed by atoms with E-state index in [2.05, 4.69) is 16.0 Å². The average molecular weight is 841 g/mol. The zero-order chi connectivity index (χ0) is 42.3. The third kappa shape index (κ3) is 7.86. The number of hydrogen-bond acceptors (Lipinski definition) is 10. The number of fused-ring (bicyclic) bond motifs is 1. The lowest BCUT2D eigenvalue weighted by Crippen LogP contribution is -2.55. The molecule has 3 aromatic carbocycles. The summed E-state index contributed by atoms with van der Waals surface area (Å²) in [5, 5.41) is 55.8. The molecule has 0 bridgehead atoms. The molecule has 3 aliphatic heterocycles. The van der Waals surface area contributed by atoms with Crippen LogP contribution < -0.4 is 20.6 Å². The number of rotatable bonds is 8. The molecule has 2 saturated heterocycles. The summed E-state index contributed by atoms with van der Waals surface area (Å²) >= 11 is 6.19. The molecule has 2 atom stereocenters. The number of carboxylic acids is 1. The topological polar surface area (TPSA) is 242 Å². The number of likely N-dealkylation sites (tertiary alicyclic amines) is 1. The van der Waals surface area contributed by atoms with Gasteiger partial charge in [-0.15, -0.1) is 0 Å². The van der Waals surface area contributed by atoms with Crippen LogP contribution in [0.4, 0.5) is 42.0 Å². The van der Waals surface area contributed by atoms with Gasteiger partial charge in [0.2, 0.25) is 11.7 Å². The zero-order valence-electron chi connectivity index (χ0n) is 29.6. The van der Waals surface area contributed by atoms with Crippen molar-refractivity contribution in [2.75, 3.05) is 38.0 Å². The standard InChI is InChI=1S/C34H31BClF5N6O11/c36-23-15(10-19(39)26(48)27(23)49)16(30(51)44-21-9-13-1-2-17(37)22(31(52)53)29(13)58-35(21)57)12-42-32(54)47-8-7-46(34(47)56)14-3-5-45(6-4-14)33(55)43-20-11-18(38)24(40)28(50)25(20)41/h1-2,10-11,14,16,21,48-50,57H,3-9,12H2,(H,42,54)(H,43,55)(H,44,51)(H,52,53)/t16-,21+/m1/s1. The SMILES string of the molecule is O=C(O)c1c(F)ccc2c1OB(O)[C@@H](NC(=O)[C@H](CNC(=O)N1CCN(C3CCN(C(=O)Nc4cc(F)c(F)c(O)c4F)CC3)C1=O)c1cc(F)c(O)c(O)c1Cl)C2. The van der Waals surface area contributed by atoms with Gasteiger partial charge in [0.1, 0.15) is 17.1 Å². The van der Waals surface area contributed by atoms with Crippen molar-refractivity contribution in [2.24, 2.45) is 0 Å². The number of amides is 7. The Morgan fingerprint density at radius 3 is 2.26 bits per heavy atom. The monoisotopic (exact) mass is 840 g/mol. The van der Waals surface area contributed by atoms with E-state index < -0.39 is 135 Å². The van der Waals surface area contributed by atoms with E-state index in [0.717, 1.165) is 11.0 Å². The predicted octanol–water partition coefficient (Wildman–Crippen LogP) is 3.22. The molecule has 3 aliphatic rings. The first kappa shape index (κ1) is 41.4. The number of phenols is 3. The Morgan fingerprint density at radius 2 is 1.59 bits per heavy atom. The molecule has 7 amide bonds. The second-order valence-corrected chi connectivity index (χ2v) is 13.8. The van der Waals surface area contributed by atoms with Gasteiger partial charge < -0.3 is 55.9 Å². The fraction of sp³-hybridized carbons (Fsp3) is 0.324. The van der Waals surface area contributed by atoms with E-state index in [0.29, 0.717) is 12.1 Å². The molecule has 3 heterocycles. The molecular weight excluding hydrogens is 810 g/mol. The van der Waals surface area contributed by atoms with Gasteiger partial charge in [0.25, 0.3) is 0 Å². The number of nitrogens with zero attached hydrogens (tertiary/aromatic N) is 3. The fourth-order valence-electron chi connectivity index (χ4n) is 6.88. The van der Waals surface area contributed by atoms with E-state index in [1.165, 1.54) is 15.9 Å². The number of carbonyl (C=O) groups excluding carboxylic acids is 4. The Morgan fingerprint density at radius 1 is 0.897 bits per heavy atom. The van der Waals surface area contributed by atoms with E-state index in [1.54, 1.807) is 0 Å². The van der Waals surface area contributed by atoms with Crippen LogP contribution in [0.2, 0.25) is 5.02 Å². The molecule has 0 aliphatic carbocycles. The Hall–Kier alpha value is -6.23. The van der Waals surface area contributed by atoms with Crippen LogP contribution in [0.3, 0.4) is 0 Å². The first-order valence-electron chi connectivity index (χ1n) is 17.3. The lowest BCUT2D eigenvalue weighted by Gasteiger charge is -2.36. The van der Waals surface area contributed by atoms with Gasteiger partial charge in [-0.25, -0.2) is 41.6 Å². The maximum atomic E-state index is 14.6. The van der Waals surface area contributed by atoms with Crippen LogP contribution >= 0.6 is 11.6 Å². The smallest absolute Gasteiger partial charge is 0.534 e. The minimum Gasteiger partial charge on any atom is -0.534 e. The van der Waals surface area contributed by atoms with Crippen LogP contribution in [-0.4, -0.2) is 122 Å². The molecule has 0 saturated carbocycles. The van der Waals surface area contributed by atoms with Gasteiger partial charge in [0.15, 0.2) is 34.7 Å². The van der Waals surface area contributed by atoms with Gasteiger partial charge in [-0.1, -0.05) is 17.7 Å². The molecular formula is C34H31BClF5N6O11. The summed E-state index contributed by atoms with van der Waals surface area (Å²) in [6, 6.07) is -0.147. The largest absolute Gasteiger partial charge is 0.547 e. The second-order valence-electron chi connectivity index (χ2n) is 13.4. The normalized spacial score (nSPS) is 17.4. The number of aromatic carboxylic acids is 1. The summed E-state index contributed by atoms with van der Waals surface area (Å²) in [5.41, 5.74) is -2.00. The summed E-state index contributed by atoms with van der Waals surface area (Å²) < 4.78 is 75.4. The van der Waals surface area contributed by atoms with Crippen LogP contribution in [0.5, 0.6) is 23.0 Å². The van der Waals surface area contributed by atoms with Crippen molar-refractivity contribution >= 4 is 54.4 Å². The maximum absolute atomic E-state index is 14.6. The van der Waals surface area contributed by atoms with Gasteiger partial charge in [-0.3, -0.25) is 4.79 Å². The van der Waals surface area contributed by atoms with Gasteiger partial charge in [0, 0.05) is 44.8 Å². The summed E-state index contributed by atoms with van der Waals surface area (Å²) in [7, 11) is -1.93. The lowest BCUT2D eigenvalue weighted by atomic mass is 9.72. The highest BCUT2D eigenvalue weighted by molar-refractivity contribution is 6.47. The van der Waals surface area contributed by atoms with Gasteiger partial charge in [-0.05, 0) is 42.5 Å². The number of anilines is 1. The molecule has 24 heteroatoms. The van der Waals surface area contributed by atoms with E-state index >= 15 is 0 Å². The van der Waals surface area contributed by atoms with Crippen molar-refractivity contribution in [1.29, 1.82) is 0 Å². The number of halogens is 6. The van der Waals surface area contributed by atoms with Crippen molar-refractivity contribution in [2.45, 2.75) is 37.2 Å². The van der Waals surface area contributed by atoms with E-state index in [4.69, 9.17) is 16.3 Å². The Kier molecular flexibility index (Phi) is 11.7. The minimum atomic E-state index is -1.93. The first-order valence-corrected chi connectivity index (χ1v) is 17.6. The molecule has 2 fully saturated rings. The number of nitrogens with one attached hydrogen (secondary N) is 3. The van der Waals surface area contributed by atoms with E-state index in [1.807, 2.05) is 0 Å². The molecule has 6 rings (SSSR count). The van der Waals surface area contributed by atoms with E-state index in [9.17, 15) is 71.4 Å². The van der Waals surface area contributed by atoms with Crippen LogP contribution in [-0.2, 0) is 11.2 Å². The van der Waals surface area contributed by atoms with Gasteiger partial charge >= 0.3 is 31.2 Å².